The van der Waals surface area contributed by atoms with Crippen molar-refractivity contribution < 1.29 is 27.4 Å². The van der Waals surface area contributed by atoms with Gasteiger partial charge >= 0.3 is 12.1 Å². The third-order valence-corrected chi connectivity index (χ3v) is 3.83. The molecule has 1 heterocycles. The number of alkyl halides is 3. The fourth-order valence-corrected chi connectivity index (χ4v) is 2.78. The monoisotopic (exact) mass is 336 g/mol. The molecule has 0 fully saturated rings. The molecule has 0 aliphatic carbocycles. The van der Waals surface area contributed by atoms with Gasteiger partial charge in [-0.2, -0.15) is 13.2 Å². The Hall–Kier alpha value is -2.50. The van der Waals surface area contributed by atoms with Crippen LogP contribution < -0.4 is 4.74 Å². The molecule has 126 valence electrons. The molecule has 24 heavy (non-hydrogen) atoms. The van der Waals surface area contributed by atoms with Gasteiger partial charge in [0, 0.05) is 11.1 Å². The van der Waals surface area contributed by atoms with Crippen LogP contribution in [0.25, 0.3) is 11.1 Å². The van der Waals surface area contributed by atoms with E-state index in [1.807, 2.05) is 0 Å². The first-order valence-corrected chi connectivity index (χ1v) is 7.53. The standard InChI is InChI=1S/C18H15F3O3/c1-2-23-17(22)10-16-13-6-4-3-5-12(13)14-9-11(18(19,20)21)7-8-15(14)24-16/h3-9,16H,2,10H2,1H3. The molecule has 0 amide bonds. The predicted octanol–water partition coefficient (Wildman–Crippen LogP) is 4.76. The zero-order valence-corrected chi connectivity index (χ0v) is 12.9. The van der Waals surface area contributed by atoms with Crippen LogP contribution in [0.5, 0.6) is 5.75 Å². The van der Waals surface area contributed by atoms with Gasteiger partial charge in [-0.1, -0.05) is 24.3 Å². The summed E-state index contributed by atoms with van der Waals surface area (Å²) < 4.78 is 49.6. The van der Waals surface area contributed by atoms with Crippen LogP contribution >= 0.6 is 0 Å². The van der Waals surface area contributed by atoms with Crippen molar-refractivity contribution in [2.45, 2.75) is 25.6 Å². The molecule has 1 aliphatic rings. The van der Waals surface area contributed by atoms with E-state index in [1.54, 1.807) is 31.2 Å². The molecule has 1 unspecified atom stereocenters. The highest BCUT2D eigenvalue weighted by Crippen LogP contribution is 2.45. The number of halogens is 3. The van der Waals surface area contributed by atoms with E-state index in [-0.39, 0.29) is 13.0 Å². The lowest BCUT2D eigenvalue weighted by atomic mass is 9.90. The van der Waals surface area contributed by atoms with Gasteiger partial charge in [0.2, 0.25) is 0 Å². The van der Waals surface area contributed by atoms with Crippen molar-refractivity contribution in [3.05, 3.63) is 53.6 Å². The summed E-state index contributed by atoms with van der Waals surface area (Å²) in [5, 5.41) is 0. The minimum Gasteiger partial charge on any atom is -0.484 e. The summed E-state index contributed by atoms with van der Waals surface area (Å²) in [5.74, 6) is -0.0799. The van der Waals surface area contributed by atoms with Crippen LogP contribution in [0.4, 0.5) is 13.2 Å². The van der Waals surface area contributed by atoms with E-state index in [2.05, 4.69) is 0 Å². The topological polar surface area (TPSA) is 35.5 Å². The Morgan fingerprint density at radius 2 is 1.92 bits per heavy atom. The summed E-state index contributed by atoms with van der Waals surface area (Å²) >= 11 is 0. The molecule has 0 radical (unpaired) electrons. The van der Waals surface area contributed by atoms with Crippen LogP contribution in [-0.2, 0) is 15.7 Å². The smallest absolute Gasteiger partial charge is 0.416 e. The summed E-state index contributed by atoms with van der Waals surface area (Å²) in [7, 11) is 0. The zero-order valence-electron chi connectivity index (χ0n) is 12.9. The lowest BCUT2D eigenvalue weighted by Crippen LogP contribution is -2.19. The minimum absolute atomic E-state index is 0.00527. The average Bonchev–Trinajstić information content (AvgIpc) is 2.54. The Morgan fingerprint density at radius 1 is 1.17 bits per heavy atom. The molecule has 0 saturated heterocycles. The van der Waals surface area contributed by atoms with E-state index in [4.69, 9.17) is 9.47 Å². The molecule has 0 spiro atoms. The largest absolute Gasteiger partial charge is 0.484 e. The molecule has 1 aliphatic heterocycles. The normalized spacial score (nSPS) is 15.9. The van der Waals surface area contributed by atoms with Gasteiger partial charge in [-0.15, -0.1) is 0 Å². The number of esters is 1. The molecule has 3 rings (SSSR count). The molecule has 6 heteroatoms. The van der Waals surface area contributed by atoms with Gasteiger partial charge in [0.05, 0.1) is 18.6 Å². The van der Waals surface area contributed by atoms with Crippen LogP contribution in [0.3, 0.4) is 0 Å². The van der Waals surface area contributed by atoms with Crippen molar-refractivity contribution in [3.63, 3.8) is 0 Å². The second-order valence-electron chi connectivity index (χ2n) is 5.41. The number of carbonyl (C=O) groups is 1. The maximum absolute atomic E-state index is 13.0. The highest BCUT2D eigenvalue weighted by molar-refractivity contribution is 5.78. The van der Waals surface area contributed by atoms with Crippen LogP contribution in [0.1, 0.15) is 30.6 Å². The average molecular weight is 336 g/mol. The van der Waals surface area contributed by atoms with E-state index in [9.17, 15) is 18.0 Å². The molecule has 0 saturated carbocycles. The highest BCUT2D eigenvalue weighted by atomic mass is 19.4. The molecule has 0 bridgehead atoms. The van der Waals surface area contributed by atoms with Gasteiger partial charge in [0.25, 0.3) is 0 Å². The summed E-state index contributed by atoms with van der Waals surface area (Å²) in [6.45, 7) is 1.97. The van der Waals surface area contributed by atoms with E-state index in [1.165, 1.54) is 6.07 Å². The Labute approximate surface area is 137 Å². The van der Waals surface area contributed by atoms with Crippen LogP contribution in [0.2, 0.25) is 0 Å². The summed E-state index contributed by atoms with van der Waals surface area (Å²) in [6, 6.07) is 10.3. The van der Waals surface area contributed by atoms with Gasteiger partial charge in [-0.05, 0) is 30.7 Å². The Bertz CT molecular complexity index is 768. The molecule has 3 nitrogen and oxygen atoms in total. The SMILES string of the molecule is CCOC(=O)CC1Oc2ccc(C(F)(F)F)cc2-c2ccccc21. The lowest BCUT2D eigenvalue weighted by molar-refractivity contribution is -0.145. The van der Waals surface area contributed by atoms with Gasteiger partial charge < -0.3 is 9.47 Å². The Morgan fingerprint density at radius 3 is 2.62 bits per heavy atom. The number of carbonyl (C=O) groups excluding carboxylic acids is 1. The molecular weight excluding hydrogens is 321 g/mol. The summed E-state index contributed by atoms with van der Waals surface area (Å²) in [5.41, 5.74) is 0.959. The van der Waals surface area contributed by atoms with Crippen LogP contribution in [0.15, 0.2) is 42.5 Å². The van der Waals surface area contributed by atoms with Crippen LogP contribution in [-0.4, -0.2) is 12.6 Å². The number of benzene rings is 2. The van der Waals surface area contributed by atoms with Crippen LogP contribution in [0, 0.1) is 0 Å². The third-order valence-electron chi connectivity index (χ3n) is 3.83. The highest BCUT2D eigenvalue weighted by Gasteiger charge is 2.34. The summed E-state index contributed by atoms with van der Waals surface area (Å²) in [6.07, 6.45) is -5.00. The number of rotatable bonds is 3. The van der Waals surface area contributed by atoms with E-state index in [0.717, 1.165) is 12.1 Å². The quantitative estimate of drug-likeness (QED) is 0.758. The first-order valence-electron chi connectivity index (χ1n) is 7.53. The van der Waals surface area contributed by atoms with Crippen molar-refractivity contribution >= 4 is 5.97 Å². The number of fused-ring (bicyclic) bond motifs is 3. The van der Waals surface area contributed by atoms with Gasteiger partial charge in [-0.3, -0.25) is 4.79 Å². The van der Waals surface area contributed by atoms with Gasteiger partial charge in [0.15, 0.2) is 0 Å². The minimum atomic E-state index is -4.42. The van der Waals surface area contributed by atoms with E-state index in [0.29, 0.717) is 22.4 Å². The van der Waals surface area contributed by atoms with E-state index < -0.39 is 23.8 Å². The molecule has 2 aromatic carbocycles. The van der Waals surface area contributed by atoms with Gasteiger partial charge in [-0.25, -0.2) is 0 Å². The van der Waals surface area contributed by atoms with E-state index >= 15 is 0 Å². The van der Waals surface area contributed by atoms with Crippen molar-refractivity contribution in [2.24, 2.45) is 0 Å². The molecule has 0 aromatic heterocycles. The predicted molar refractivity (Wildman–Crippen MR) is 81.5 cm³/mol. The first-order chi connectivity index (χ1) is 11.4. The maximum Gasteiger partial charge on any atom is 0.416 e. The van der Waals surface area contributed by atoms with Gasteiger partial charge in [0.1, 0.15) is 11.9 Å². The number of ether oxygens (including phenoxy) is 2. The van der Waals surface area contributed by atoms with Crippen molar-refractivity contribution in [3.8, 4) is 16.9 Å². The fraction of sp³-hybridized carbons (Fsp3) is 0.278. The lowest BCUT2D eigenvalue weighted by Gasteiger charge is -2.28. The number of hydrogen-bond acceptors (Lipinski definition) is 3. The zero-order chi connectivity index (χ0) is 17.3. The second-order valence-corrected chi connectivity index (χ2v) is 5.41. The van der Waals surface area contributed by atoms with Crippen molar-refractivity contribution in [1.29, 1.82) is 0 Å². The second kappa shape index (κ2) is 6.19. The first kappa shape index (κ1) is 16.4. The molecule has 0 N–H and O–H groups in total. The van der Waals surface area contributed by atoms with Crippen molar-refractivity contribution in [1.82, 2.24) is 0 Å². The molecule has 2 aromatic rings. The maximum atomic E-state index is 13.0. The van der Waals surface area contributed by atoms with Crippen molar-refractivity contribution in [2.75, 3.05) is 6.61 Å². The Kier molecular flexibility index (Phi) is 4.22. The third kappa shape index (κ3) is 3.09. The molecular formula is C18H15F3O3. The summed E-state index contributed by atoms with van der Waals surface area (Å²) in [4.78, 5) is 11.8. The number of hydrogen-bond donors (Lipinski definition) is 0. The fourth-order valence-electron chi connectivity index (χ4n) is 2.78. The Balaban J connectivity index is 2.02. The molecule has 1 atom stereocenters.